The number of hydrogen-bond donors (Lipinski definition) is 2. The fraction of sp³-hybridized carbons (Fsp3) is 0.923. The van der Waals surface area contributed by atoms with Crippen LogP contribution >= 0.6 is 24.0 Å². The average Bonchev–Trinajstić information content (AvgIpc) is 2.31. The molecule has 1 fully saturated rings. The molecule has 0 atom stereocenters. The van der Waals surface area contributed by atoms with E-state index in [1.54, 1.807) is 0 Å². The second-order valence-corrected chi connectivity index (χ2v) is 5.50. The average molecular weight is 353 g/mol. The zero-order valence-corrected chi connectivity index (χ0v) is 14.0. The number of halogens is 1. The minimum Gasteiger partial charge on any atom is -0.359 e. The molecular formula is C13H28IN3. The van der Waals surface area contributed by atoms with Crippen molar-refractivity contribution in [3.8, 4) is 0 Å². The molecule has 1 aliphatic carbocycles. The number of nitrogens with zero attached hydrogens (tertiary/aromatic N) is 1. The van der Waals surface area contributed by atoms with Gasteiger partial charge in [0.05, 0.1) is 0 Å². The lowest BCUT2D eigenvalue weighted by molar-refractivity contribution is 0.160. The van der Waals surface area contributed by atoms with E-state index in [-0.39, 0.29) is 24.0 Å². The largest absolute Gasteiger partial charge is 0.359 e. The summed E-state index contributed by atoms with van der Waals surface area (Å²) in [7, 11) is 3.72. The number of aliphatic imine (C=N–C) groups is 1. The van der Waals surface area contributed by atoms with Gasteiger partial charge in [0, 0.05) is 20.6 Å². The van der Waals surface area contributed by atoms with E-state index in [2.05, 4.69) is 29.5 Å². The summed E-state index contributed by atoms with van der Waals surface area (Å²) in [6.07, 6.45) is 7.04. The summed E-state index contributed by atoms with van der Waals surface area (Å²) < 4.78 is 0. The highest BCUT2D eigenvalue weighted by Crippen LogP contribution is 2.37. The van der Waals surface area contributed by atoms with Crippen molar-refractivity contribution < 1.29 is 0 Å². The summed E-state index contributed by atoms with van der Waals surface area (Å²) in [4.78, 5) is 4.15. The van der Waals surface area contributed by atoms with Gasteiger partial charge in [0.15, 0.2) is 5.96 Å². The van der Waals surface area contributed by atoms with Crippen molar-refractivity contribution in [3.63, 3.8) is 0 Å². The molecule has 0 aromatic rings. The first-order valence-corrected chi connectivity index (χ1v) is 6.48. The highest BCUT2D eigenvalue weighted by atomic mass is 127. The molecule has 4 heteroatoms. The standard InChI is InChI=1S/C13H27N3.HI/c1-13(2,10-16-12(14-3)15-4)11-8-6-5-7-9-11;/h11H,5-10H2,1-4H3,(H2,14,15,16);1H. The second-order valence-electron chi connectivity index (χ2n) is 5.50. The Bertz CT molecular complexity index is 233. The van der Waals surface area contributed by atoms with Gasteiger partial charge in [-0.1, -0.05) is 33.1 Å². The smallest absolute Gasteiger partial charge is 0.190 e. The van der Waals surface area contributed by atoms with Crippen LogP contribution in [0.3, 0.4) is 0 Å². The van der Waals surface area contributed by atoms with Crippen molar-refractivity contribution in [1.82, 2.24) is 10.6 Å². The van der Waals surface area contributed by atoms with Gasteiger partial charge >= 0.3 is 0 Å². The van der Waals surface area contributed by atoms with Crippen LogP contribution in [0, 0.1) is 11.3 Å². The van der Waals surface area contributed by atoms with Crippen LogP contribution < -0.4 is 10.6 Å². The fourth-order valence-electron chi connectivity index (χ4n) is 2.62. The molecule has 0 aromatic carbocycles. The molecule has 0 amide bonds. The molecule has 0 bridgehead atoms. The van der Waals surface area contributed by atoms with Crippen molar-refractivity contribution >= 4 is 29.9 Å². The summed E-state index contributed by atoms with van der Waals surface area (Å²) >= 11 is 0. The monoisotopic (exact) mass is 353 g/mol. The minimum atomic E-state index is 0. The Labute approximate surface area is 123 Å². The normalized spacial score (nSPS) is 18.5. The van der Waals surface area contributed by atoms with Crippen molar-refractivity contribution in [1.29, 1.82) is 0 Å². The summed E-state index contributed by atoms with van der Waals surface area (Å²) in [5.74, 6) is 1.76. The number of rotatable bonds is 3. The van der Waals surface area contributed by atoms with Crippen LogP contribution in [0.15, 0.2) is 4.99 Å². The van der Waals surface area contributed by atoms with Crippen LogP contribution in [-0.4, -0.2) is 26.6 Å². The molecule has 0 saturated heterocycles. The topological polar surface area (TPSA) is 36.4 Å². The van der Waals surface area contributed by atoms with Crippen molar-refractivity contribution in [3.05, 3.63) is 0 Å². The van der Waals surface area contributed by atoms with Crippen molar-refractivity contribution in [2.75, 3.05) is 20.6 Å². The highest BCUT2D eigenvalue weighted by molar-refractivity contribution is 14.0. The molecule has 1 aliphatic rings. The van der Waals surface area contributed by atoms with Crippen molar-refractivity contribution in [2.24, 2.45) is 16.3 Å². The third-order valence-corrected chi connectivity index (χ3v) is 3.88. The number of nitrogens with one attached hydrogen (secondary N) is 2. The summed E-state index contributed by atoms with van der Waals surface area (Å²) in [6, 6.07) is 0. The molecule has 102 valence electrons. The van der Waals surface area contributed by atoms with Crippen LogP contribution in [-0.2, 0) is 0 Å². The number of hydrogen-bond acceptors (Lipinski definition) is 1. The SMILES string of the molecule is CN=C(NC)NCC(C)(C)C1CCCCC1.I. The Hall–Kier alpha value is 0. The maximum absolute atomic E-state index is 4.15. The van der Waals surface area contributed by atoms with E-state index in [0.29, 0.717) is 5.41 Å². The molecule has 17 heavy (non-hydrogen) atoms. The van der Waals surface area contributed by atoms with Gasteiger partial charge < -0.3 is 10.6 Å². The molecule has 0 aromatic heterocycles. The number of guanidine groups is 1. The van der Waals surface area contributed by atoms with Crippen LogP contribution in [0.4, 0.5) is 0 Å². The summed E-state index contributed by atoms with van der Waals surface area (Å²) in [5, 5.41) is 6.46. The Morgan fingerprint density at radius 3 is 2.29 bits per heavy atom. The van der Waals surface area contributed by atoms with Gasteiger partial charge in [-0.15, -0.1) is 24.0 Å². The lowest BCUT2D eigenvalue weighted by Gasteiger charge is -2.37. The molecular weight excluding hydrogens is 325 g/mol. The quantitative estimate of drug-likeness (QED) is 0.465. The molecule has 0 spiro atoms. The molecule has 0 radical (unpaired) electrons. The van der Waals surface area contributed by atoms with E-state index in [9.17, 15) is 0 Å². The van der Waals surface area contributed by atoms with E-state index in [1.807, 2.05) is 14.1 Å². The maximum Gasteiger partial charge on any atom is 0.190 e. The van der Waals surface area contributed by atoms with E-state index in [0.717, 1.165) is 18.4 Å². The lowest BCUT2D eigenvalue weighted by atomic mass is 9.71. The van der Waals surface area contributed by atoms with E-state index in [1.165, 1.54) is 32.1 Å². The molecule has 2 N–H and O–H groups in total. The Balaban J connectivity index is 0.00000256. The Kier molecular flexibility index (Phi) is 8.16. The second kappa shape index (κ2) is 8.16. The first kappa shape index (κ1) is 17.0. The molecule has 0 heterocycles. The Morgan fingerprint density at radius 1 is 1.24 bits per heavy atom. The van der Waals surface area contributed by atoms with Gasteiger partial charge in [0.25, 0.3) is 0 Å². The summed E-state index contributed by atoms with van der Waals surface area (Å²) in [6.45, 7) is 5.75. The zero-order valence-electron chi connectivity index (χ0n) is 11.7. The van der Waals surface area contributed by atoms with Gasteiger partial charge in [-0.3, -0.25) is 4.99 Å². The zero-order chi connectivity index (χ0) is 12.0. The van der Waals surface area contributed by atoms with Gasteiger partial charge in [-0.2, -0.15) is 0 Å². The van der Waals surface area contributed by atoms with Gasteiger partial charge in [-0.25, -0.2) is 0 Å². The predicted molar refractivity (Wildman–Crippen MR) is 86.2 cm³/mol. The first-order valence-electron chi connectivity index (χ1n) is 6.48. The van der Waals surface area contributed by atoms with E-state index >= 15 is 0 Å². The van der Waals surface area contributed by atoms with Gasteiger partial charge in [0.2, 0.25) is 0 Å². The molecule has 3 nitrogen and oxygen atoms in total. The van der Waals surface area contributed by atoms with E-state index in [4.69, 9.17) is 0 Å². The third kappa shape index (κ3) is 5.44. The minimum absolute atomic E-state index is 0. The highest BCUT2D eigenvalue weighted by Gasteiger charge is 2.30. The van der Waals surface area contributed by atoms with Gasteiger partial charge in [0.1, 0.15) is 0 Å². The van der Waals surface area contributed by atoms with Crippen LogP contribution in [0.5, 0.6) is 0 Å². The van der Waals surface area contributed by atoms with Gasteiger partial charge in [-0.05, 0) is 24.2 Å². The van der Waals surface area contributed by atoms with Crippen LogP contribution in [0.25, 0.3) is 0 Å². The maximum atomic E-state index is 4.15. The fourth-order valence-corrected chi connectivity index (χ4v) is 2.62. The lowest BCUT2D eigenvalue weighted by Crippen LogP contribution is -2.43. The predicted octanol–water partition coefficient (Wildman–Crippen LogP) is 3.01. The third-order valence-electron chi connectivity index (χ3n) is 3.88. The molecule has 1 rings (SSSR count). The first-order chi connectivity index (χ1) is 7.60. The van der Waals surface area contributed by atoms with Crippen LogP contribution in [0.1, 0.15) is 46.0 Å². The summed E-state index contributed by atoms with van der Waals surface area (Å²) in [5.41, 5.74) is 0.368. The molecule has 0 aliphatic heterocycles. The van der Waals surface area contributed by atoms with E-state index < -0.39 is 0 Å². The van der Waals surface area contributed by atoms with Crippen molar-refractivity contribution in [2.45, 2.75) is 46.0 Å². The Morgan fingerprint density at radius 2 is 1.82 bits per heavy atom. The molecule has 0 unspecified atom stereocenters. The molecule has 1 saturated carbocycles. The van der Waals surface area contributed by atoms with Crippen LogP contribution in [0.2, 0.25) is 0 Å².